The van der Waals surface area contributed by atoms with E-state index < -0.39 is 11.6 Å². The Kier molecular flexibility index (Phi) is 6.69. The van der Waals surface area contributed by atoms with Crippen LogP contribution < -0.4 is 16.2 Å². The molecule has 0 radical (unpaired) electrons. The first kappa shape index (κ1) is 25.3. The highest BCUT2D eigenvalue weighted by atomic mass is 19.2. The molecular weight excluding hydrogens is 502 g/mol. The van der Waals surface area contributed by atoms with Crippen LogP contribution >= 0.6 is 0 Å². The predicted molar refractivity (Wildman–Crippen MR) is 144 cm³/mol. The molecule has 6 rings (SSSR count). The molecule has 0 bridgehead atoms. The number of para-hydroxylation sites is 1. The highest BCUT2D eigenvalue weighted by molar-refractivity contribution is 5.90. The number of aryl methyl sites for hydroxylation is 1. The van der Waals surface area contributed by atoms with Crippen LogP contribution in [0.2, 0.25) is 0 Å². The van der Waals surface area contributed by atoms with Crippen LogP contribution in [0.15, 0.2) is 60.4 Å². The van der Waals surface area contributed by atoms with Gasteiger partial charge in [0.2, 0.25) is 0 Å². The zero-order chi connectivity index (χ0) is 27.1. The number of fused-ring (bicyclic) bond motifs is 1. The number of carbonyl (C=O) groups is 1. The van der Waals surface area contributed by atoms with Crippen LogP contribution in [-0.4, -0.2) is 70.5 Å². The average Bonchev–Trinajstić information content (AvgIpc) is 3.67. The third kappa shape index (κ3) is 5.07. The molecule has 1 fully saturated rings. The molecule has 39 heavy (non-hydrogen) atoms. The number of hydrazine groups is 2. The van der Waals surface area contributed by atoms with Gasteiger partial charge in [-0.3, -0.25) is 20.2 Å². The minimum atomic E-state index is -0.888. The number of nitrogens with zero attached hydrogens (tertiary/aromatic N) is 5. The van der Waals surface area contributed by atoms with E-state index in [0.29, 0.717) is 31.0 Å². The maximum Gasteiger partial charge on any atom is 0.320 e. The maximum atomic E-state index is 14.2. The van der Waals surface area contributed by atoms with E-state index in [9.17, 15) is 13.6 Å². The van der Waals surface area contributed by atoms with E-state index in [1.807, 2.05) is 60.6 Å². The molecule has 3 aliphatic rings. The molecule has 1 saturated heterocycles. The van der Waals surface area contributed by atoms with Crippen LogP contribution in [0.1, 0.15) is 29.2 Å². The monoisotopic (exact) mass is 534 g/mol. The number of nitrogens with one attached hydrogen (secondary N) is 3. The Bertz CT molecular complexity index is 1410. The average molecular weight is 535 g/mol. The van der Waals surface area contributed by atoms with Gasteiger partial charge in [0, 0.05) is 51.4 Å². The standard InChI is InChI=1S/C28H32F2N8O/c1-35-14-20(36(2)34-35)15-37-16-22(18-11-12-23(29)24(30)13-18)26(17-37)31-28(39)32-27-21-9-6-10-25(21)33-38(27)19-7-4-3-5-8-19/h3-5,7-8,11-14,22,26,34H,6,9-10,15-17H2,1-2H3,(H2,31,32,39)/t22-,26+/m0/s1. The first-order valence-electron chi connectivity index (χ1n) is 13.2. The summed E-state index contributed by atoms with van der Waals surface area (Å²) in [5, 5.41) is 14.8. The van der Waals surface area contributed by atoms with Gasteiger partial charge in [-0.2, -0.15) is 5.10 Å². The van der Waals surface area contributed by atoms with Gasteiger partial charge in [-0.1, -0.05) is 24.3 Å². The van der Waals surface area contributed by atoms with Crippen molar-refractivity contribution in [3.8, 4) is 5.69 Å². The molecule has 0 unspecified atom stereocenters. The summed E-state index contributed by atoms with van der Waals surface area (Å²) in [6, 6.07) is 13.1. The molecule has 9 nitrogen and oxygen atoms in total. The molecule has 11 heteroatoms. The van der Waals surface area contributed by atoms with Gasteiger partial charge >= 0.3 is 6.03 Å². The molecule has 3 heterocycles. The van der Waals surface area contributed by atoms with Crippen molar-refractivity contribution in [2.24, 2.45) is 0 Å². The summed E-state index contributed by atoms with van der Waals surface area (Å²) in [4.78, 5) is 15.7. The third-order valence-corrected chi connectivity index (χ3v) is 7.69. The summed E-state index contributed by atoms with van der Waals surface area (Å²) in [6.45, 7) is 1.78. The van der Waals surface area contributed by atoms with Crippen LogP contribution in [-0.2, 0) is 12.8 Å². The Morgan fingerprint density at radius 3 is 2.64 bits per heavy atom. The first-order valence-corrected chi connectivity index (χ1v) is 13.2. The highest BCUT2D eigenvalue weighted by Crippen LogP contribution is 2.32. The fourth-order valence-electron chi connectivity index (χ4n) is 5.85. The van der Waals surface area contributed by atoms with E-state index in [2.05, 4.69) is 21.1 Å². The van der Waals surface area contributed by atoms with Gasteiger partial charge in [-0.05, 0) is 49.1 Å². The van der Waals surface area contributed by atoms with E-state index >= 15 is 0 Å². The molecule has 3 aromatic rings. The molecule has 2 aromatic carbocycles. The summed E-state index contributed by atoms with van der Waals surface area (Å²) in [5.74, 6) is -1.31. The smallest absolute Gasteiger partial charge is 0.320 e. The zero-order valence-corrected chi connectivity index (χ0v) is 22.0. The van der Waals surface area contributed by atoms with Gasteiger partial charge in [0.1, 0.15) is 5.82 Å². The SMILES string of the molecule is CN1C=C(CN2C[C@@H](NC(=O)Nc3c4c(nn3-c3ccccc3)CCC4)[C@H](c3ccc(F)c(F)c3)C2)N(C)N1. The number of aromatic nitrogens is 2. The summed E-state index contributed by atoms with van der Waals surface area (Å²) in [7, 11) is 3.86. The zero-order valence-electron chi connectivity index (χ0n) is 22.0. The second kappa shape index (κ2) is 10.3. The van der Waals surface area contributed by atoms with Crippen molar-refractivity contribution in [1.29, 1.82) is 0 Å². The molecular formula is C28H32F2N8O. The van der Waals surface area contributed by atoms with Crippen molar-refractivity contribution in [3.05, 3.63) is 88.9 Å². The molecule has 2 aliphatic heterocycles. The third-order valence-electron chi connectivity index (χ3n) is 7.69. The lowest BCUT2D eigenvalue weighted by Gasteiger charge is -2.22. The molecule has 0 spiro atoms. The van der Waals surface area contributed by atoms with Gasteiger partial charge in [0.25, 0.3) is 0 Å². The Morgan fingerprint density at radius 2 is 1.90 bits per heavy atom. The number of rotatable bonds is 6. The lowest BCUT2D eigenvalue weighted by molar-refractivity contribution is 0.172. The van der Waals surface area contributed by atoms with Crippen LogP contribution in [0.4, 0.5) is 19.4 Å². The number of anilines is 1. The molecule has 0 saturated carbocycles. The topological polar surface area (TPSA) is 80.7 Å². The van der Waals surface area contributed by atoms with Gasteiger partial charge < -0.3 is 5.32 Å². The fourth-order valence-corrected chi connectivity index (χ4v) is 5.85. The van der Waals surface area contributed by atoms with Gasteiger partial charge in [0.15, 0.2) is 11.6 Å². The van der Waals surface area contributed by atoms with Gasteiger partial charge in [0.05, 0.1) is 23.1 Å². The predicted octanol–water partition coefficient (Wildman–Crippen LogP) is 3.37. The van der Waals surface area contributed by atoms with Gasteiger partial charge in [-0.15, -0.1) is 5.53 Å². The number of likely N-dealkylation sites (N-methyl/N-ethyl adjacent to an activating group) is 1. The summed E-state index contributed by atoms with van der Waals surface area (Å²) in [6.07, 6.45) is 4.76. The van der Waals surface area contributed by atoms with Crippen molar-refractivity contribution >= 4 is 11.8 Å². The van der Waals surface area contributed by atoms with E-state index in [-0.39, 0.29) is 18.0 Å². The van der Waals surface area contributed by atoms with Crippen molar-refractivity contribution in [2.75, 3.05) is 39.0 Å². The minimum absolute atomic E-state index is 0.214. The molecule has 1 aliphatic carbocycles. The number of carbonyl (C=O) groups excluding carboxylic acids is 1. The molecule has 2 amide bonds. The molecule has 1 aromatic heterocycles. The largest absolute Gasteiger partial charge is 0.333 e. The maximum absolute atomic E-state index is 14.2. The number of hydrogen-bond donors (Lipinski definition) is 3. The Morgan fingerprint density at radius 1 is 1.08 bits per heavy atom. The Labute approximate surface area is 226 Å². The van der Waals surface area contributed by atoms with Crippen LogP contribution in [0.25, 0.3) is 5.69 Å². The number of hydrogen-bond acceptors (Lipinski definition) is 6. The minimum Gasteiger partial charge on any atom is -0.333 e. The quantitative estimate of drug-likeness (QED) is 0.450. The van der Waals surface area contributed by atoms with Crippen molar-refractivity contribution in [3.63, 3.8) is 0 Å². The number of urea groups is 1. The summed E-state index contributed by atoms with van der Waals surface area (Å²) >= 11 is 0. The number of halogens is 2. The van der Waals surface area contributed by atoms with Crippen LogP contribution in [0, 0.1) is 11.6 Å². The van der Waals surface area contributed by atoms with Gasteiger partial charge in [-0.25, -0.2) is 18.3 Å². The van der Waals surface area contributed by atoms with Crippen molar-refractivity contribution in [1.82, 2.24) is 35.5 Å². The second-order valence-electron chi connectivity index (χ2n) is 10.4. The number of likely N-dealkylation sites (tertiary alicyclic amines) is 1. The fraction of sp³-hybridized carbons (Fsp3) is 0.357. The second-order valence-corrected chi connectivity index (χ2v) is 10.4. The summed E-state index contributed by atoms with van der Waals surface area (Å²) in [5.41, 5.74) is 7.84. The van der Waals surface area contributed by atoms with Crippen molar-refractivity contribution < 1.29 is 13.6 Å². The number of benzene rings is 2. The Hall–Kier alpha value is -3.96. The normalized spacial score (nSPS) is 20.9. The van der Waals surface area contributed by atoms with Crippen LogP contribution in [0.3, 0.4) is 0 Å². The molecule has 204 valence electrons. The lowest BCUT2D eigenvalue weighted by atomic mass is 9.94. The van der Waals surface area contributed by atoms with E-state index in [1.54, 1.807) is 10.7 Å². The first-order chi connectivity index (χ1) is 18.9. The van der Waals surface area contributed by atoms with Crippen LogP contribution in [0.5, 0.6) is 0 Å². The molecule has 2 atom stereocenters. The highest BCUT2D eigenvalue weighted by Gasteiger charge is 2.37. The van der Waals surface area contributed by atoms with E-state index in [0.717, 1.165) is 48.0 Å². The molecule has 3 N–H and O–H groups in total. The summed E-state index contributed by atoms with van der Waals surface area (Å²) < 4.78 is 29.7. The Balaban J connectivity index is 1.23. The van der Waals surface area contributed by atoms with E-state index in [1.165, 1.54) is 6.07 Å². The lowest BCUT2D eigenvalue weighted by Crippen LogP contribution is -2.43. The van der Waals surface area contributed by atoms with Crippen molar-refractivity contribution in [2.45, 2.75) is 31.2 Å². The van der Waals surface area contributed by atoms with E-state index in [4.69, 9.17) is 5.10 Å². The number of amides is 2.